The van der Waals surface area contributed by atoms with Gasteiger partial charge in [-0.15, -0.1) is 12.3 Å². The van der Waals surface area contributed by atoms with E-state index in [0.717, 1.165) is 37.1 Å². The van der Waals surface area contributed by atoms with E-state index in [1.165, 1.54) is 0 Å². The highest BCUT2D eigenvalue weighted by molar-refractivity contribution is 9.11. The first-order valence-corrected chi connectivity index (χ1v) is 7.13. The molecule has 102 valence electrons. The monoisotopic (exact) mass is 313 g/mol. The minimum Gasteiger partial charge on any atom is -0.376 e. The van der Waals surface area contributed by atoms with Gasteiger partial charge in [0.2, 0.25) is 0 Å². The Bertz CT molecular complexity index is 304. The van der Waals surface area contributed by atoms with Gasteiger partial charge in [-0.3, -0.25) is 4.90 Å². The van der Waals surface area contributed by atoms with E-state index in [2.05, 4.69) is 52.2 Å². The maximum absolute atomic E-state index is 5.49. The standard InChI is InChI=1S/C12H20BrNO.C3H4/c1-3-12(13)6-4-5-7-14-8-9-15-11(2)10-14;1-3-2/h3-4,6,11H,5,7-10H2,1-2H3;1H,2H3/b6-4-,12-3+;. The van der Waals surface area contributed by atoms with Crippen molar-refractivity contribution in [3.8, 4) is 12.3 Å². The highest BCUT2D eigenvalue weighted by atomic mass is 79.9. The van der Waals surface area contributed by atoms with Crippen molar-refractivity contribution >= 4 is 15.9 Å². The SMILES string of the molecule is C#CC.C/C=C(Br)\C=C/CCN1CCOC(C)C1. The maximum atomic E-state index is 5.49. The molecule has 0 amide bonds. The summed E-state index contributed by atoms with van der Waals surface area (Å²) in [4.78, 5) is 2.46. The predicted octanol–water partition coefficient (Wildman–Crippen LogP) is 3.59. The van der Waals surface area contributed by atoms with Gasteiger partial charge in [0.15, 0.2) is 0 Å². The van der Waals surface area contributed by atoms with Crippen LogP contribution in [0.2, 0.25) is 0 Å². The van der Waals surface area contributed by atoms with Crippen LogP contribution in [0, 0.1) is 12.3 Å². The molecule has 0 saturated carbocycles. The van der Waals surface area contributed by atoms with Gasteiger partial charge in [-0.1, -0.05) is 34.2 Å². The van der Waals surface area contributed by atoms with Crippen LogP contribution in [0.1, 0.15) is 27.2 Å². The number of terminal acetylenes is 1. The van der Waals surface area contributed by atoms with E-state index in [1.54, 1.807) is 6.92 Å². The highest BCUT2D eigenvalue weighted by Gasteiger charge is 2.14. The van der Waals surface area contributed by atoms with Crippen LogP contribution < -0.4 is 0 Å². The number of halogens is 1. The molecular weight excluding hydrogens is 290 g/mol. The number of allylic oxidation sites excluding steroid dienone is 3. The number of rotatable bonds is 4. The van der Waals surface area contributed by atoms with Gasteiger partial charge in [-0.25, -0.2) is 0 Å². The molecule has 1 heterocycles. The minimum atomic E-state index is 0.394. The third kappa shape index (κ3) is 9.47. The Kier molecular flexibility index (Phi) is 11.2. The number of hydrogen-bond acceptors (Lipinski definition) is 2. The van der Waals surface area contributed by atoms with Crippen LogP contribution in [0.4, 0.5) is 0 Å². The summed E-state index contributed by atoms with van der Waals surface area (Å²) in [7, 11) is 0. The molecule has 1 fully saturated rings. The Balaban J connectivity index is 0.000000873. The van der Waals surface area contributed by atoms with Crippen molar-refractivity contribution in [2.75, 3.05) is 26.2 Å². The van der Waals surface area contributed by atoms with Crippen molar-refractivity contribution in [2.45, 2.75) is 33.3 Å². The summed E-state index contributed by atoms with van der Waals surface area (Å²) in [5.41, 5.74) is 0. The van der Waals surface area contributed by atoms with Crippen molar-refractivity contribution < 1.29 is 4.74 Å². The molecule has 0 aromatic rings. The summed E-state index contributed by atoms with van der Waals surface area (Å²) in [6.45, 7) is 9.97. The zero-order valence-corrected chi connectivity index (χ0v) is 13.2. The fraction of sp³-hybridized carbons (Fsp3) is 0.600. The lowest BCUT2D eigenvalue weighted by atomic mass is 10.2. The van der Waals surface area contributed by atoms with E-state index < -0.39 is 0 Å². The molecular formula is C15H24BrNO. The first-order valence-electron chi connectivity index (χ1n) is 6.33. The van der Waals surface area contributed by atoms with Gasteiger partial charge in [-0.05, 0) is 27.2 Å². The van der Waals surface area contributed by atoms with Crippen LogP contribution in [0.15, 0.2) is 22.7 Å². The summed E-state index contributed by atoms with van der Waals surface area (Å²) >= 11 is 3.45. The molecule has 1 atom stereocenters. The molecule has 1 saturated heterocycles. The topological polar surface area (TPSA) is 12.5 Å². The average Bonchev–Trinajstić information content (AvgIpc) is 2.35. The Morgan fingerprint density at radius 2 is 2.28 bits per heavy atom. The van der Waals surface area contributed by atoms with Crippen molar-refractivity contribution in [1.29, 1.82) is 0 Å². The maximum Gasteiger partial charge on any atom is 0.0674 e. The average molecular weight is 314 g/mol. The van der Waals surface area contributed by atoms with E-state index >= 15 is 0 Å². The van der Waals surface area contributed by atoms with Gasteiger partial charge in [0.25, 0.3) is 0 Å². The molecule has 0 aromatic carbocycles. The molecule has 0 radical (unpaired) electrons. The molecule has 0 aromatic heterocycles. The zero-order valence-electron chi connectivity index (χ0n) is 11.7. The van der Waals surface area contributed by atoms with Crippen molar-refractivity contribution in [1.82, 2.24) is 4.90 Å². The molecule has 0 spiro atoms. The summed E-state index contributed by atoms with van der Waals surface area (Å²) < 4.78 is 6.64. The van der Waals surface area contributed by atoms with Crippen molar-refractivity contribution in [2.24, 2.45) is 0 Å². The molecule has 1 unspecified atom stereocenters. The summed E-state index contributed by atoms with van der Waals surface area (Å²) in [5, 5.41) is 0. The second-order valence-corrected chi connectivity index (χ2v) is 5.05. The van der Waals surface area contributed by atoms with Gasteiger partial charge in [-0.2, -0.15) is 0 Å². The normalized spacial score (nSPS) is 21.3. The number of nitrogens with zero attached hydrogens (tertiary/aromatic N) is 1. The molecule has 0 bridgehead atoms. The van der Waals surface area contributed by atoms with E-state index in [0.29, 0.717) is 6.10 Å². The Morgan fingerprint density at radius 1 is 1.61 bits per heavy atom. The van der Waals surface area contributed by atoms with Gasteiger partial charge >= 0.3 is 0 Å². The molecule has 18 heavy (non-hydrogen) atoms. The van der Waals surface area contributed by atoms with Gasteiger partial charge in [0.05, 0.1) is 12.7 Å². The second kappa shape index (κ2) is 11.5. The van der Waals surface area contributed by atoms with E-state index in [9.17, 15) is 0 Å². The van der Waals surface area contributed by atoms with Crippen LogP contribution in [0.25, 0.3) is 0 Å². The van der Waals surface area contributed by atoms with Crippen LogP contribution in [-0.4, -0.2) is 37.2 Å². The lowest BCUT2D eigenvalue weighted by Crippen LogP contribution is -2.41. The van der Waals surface area contributed by atoms with E-state index in [-0.39, 0.29) is 0 Å². The molecule has 1 aliphatic rings. The summed E-state index contributed by atoms with van der Waals surface area (Å²) in [6.07, 6.45) is 12.5. The second-order valence-electron chi connectivity index (χ2n) is 4.14. The lowest BCUT2D eigenvalue weighted by Gasteiger charge is -2.30. The Labute approximate surface area is 120 Å². The highest BCUT2D eigenvalue weighted by Crippen LogP contribution is 2.08. The number of ether oxygens (including phenoxy) is 1. The molecule has 0 aliphatic carbocycles. The molecule has 1 rings (SSSR count). The Morgan fingerprint density at radius 3 is 2.83 bits per heavy atom. The minimum absolute atomic E-state index is 0.394. The quantitative estimate of drug-likeness (QED) is 0.581. The lowest BCUT2D eigenvalue weighted by molar-refractivity contribution is -0.0175. The third-order valence-electron chi connectivity index (χ3n) is 2.49. The first kappa shape index (κ1) is 17.4. The van der Waals surface area contributed by atoms with Crippen LogP contribution in [0.3, 0.4) is 0 Å². The van der Waals surface area contributed by atoms with Gasteiger partial charge in [0, 0.05) is 24.1 Å². The van der Waals surface area contributed by atoms with Crippen LogP contribution in [-0.2, 0) is 4.74 Å². The van der Waals surface area contributed by atoms with Gasteiger partial charge < -0.3 is 4.74 Å². The van der Waals surface area contributed by atoms with E-state index in [4.69, 9.17) is 4.74 Å². The smallest absolute Gasteiger partial charge is 0.0674 e. The van der Waals surface area contributed by atoms with Crippen molar-refractivity contribution in [3.05, 3.63) is 22.7 Å². The van der Waals surface area contributed by atoms with Gasteiger partial charge in [0.1, 0.15) is 0 Å². The number of morpholine rings is 1. The molecule has 0 N–H and O–H groups in total. The third-order valence-corrected chi connectivity index (χ3v) is 3.21. The summed E-state index contributed by atoms with van der Waals surface area (Å²) in [6, 6.07) is 0. The molecule has 1 aliphatic heterocycles. The van der Waals surface area contributed by atoms with Crippen molar-refractivity contribution in [3.63, 3.8) is 0 Å². The molecule has 2 nitrogen and oxygen atoms in total. The van der Waals surface area contributed by atoms with Crippen LogP contribution >= 0.6 is 15.9 Å². The zero-order chi connectivity index (χ0) is 13.8. The summed E-state index contributed by atoms with van der Waals surface area (Å²) in [5.74, 6) is 2.25. The van der Waals surface area contributed by atoms with E-state index in [1.807, 2.05) is 13.0 Å². The number of hydrogen-bond donors (Lipinski definition) is 0. The fourth-order valence-corrected chi connectivity index (χ4v) is 1.83. The fourth-order valence-electron chi connectivity index (χ4n) is 1.64. The first-order chi connectivity index (χ1) is 8.63. The molecule has 3 heteroatoms. The largest absolute Gasteiger partial charge is 0.376 e. The van der Waals surface area contributed by atoms with Crippen LogP contribution in [0.5, 0.6) is 0 Å². The predicted molar refractivity (Wildman–Crippen MR) is 82.8 cm³/mol. The Hall–Kier alpha value is -0.560.